The summed E-state index contributed by atoms with van der Waals surface area (Å²) in [5.41, 5.74) is 4.40. The third kappa shape index (κ3) is 4.91. The normalized spacial score (nSPS) is 14.6. The van der Waals surface area contributed by atoms with E-state index in [-0.39, 0.29) is 5.91 Å². The molecule has 0 radical (unpaired) electrons. The van der Waals surface area contributed by atoms with Gasteiger partial charge in [-0.25, -0.2) is 4.68 Å². The lowest BCUT2D eigenvalue weighted by Gasteiger charge is -2.12. The minimum Gasteiger partial charge on any atom is -0.489 e. The molecule has 0 spiro atoms. The van der Waals surface area contributed by atoms with E-state index in [0.717, 1.165) is 33.8 Å². The van der Waals surface area contributed by atoms with Gasteiger partial charge in [-0.2, -0.15) is 5.10 Å². The summed E-state index contributed by atoms with van der Waals surface area (Å²) >= 11 is 6.79. The van der Waals surface area contributed by atoms with Crippen LogP contribution in [0.1, 0.15) is 16.9 Å². The summed E-state index contributed by atoms with van der Waals surface area (Å²) in [4.78, 5) is 15.3. The first-order valence-corrected chi connectivity index (χ1v) is 12.5. The van der Waals surface area contributed by atoms with Crippen molar-refractivity contribution in [3.8, 4) is 22.7 Å². The average Bonchev–Trinajstić information content (AvgIpc) is 3.61. The van der Waals surface area contributed by atoms with Gasteiger partial charge in [-0.05, 0) is 61.0 Å². The van der Waals surface area contributed by atoms with E-state index in [9.17, 15) is 4.79 Å². The largest absolute Gasteiger partial charge is 0.489 e. The van der Waals surface area contributed by atoms with Gasteiger partial charge in [0.1, 0.15) is 28.1 Å². The number of para-hydroxylation sites is 1. The van der Waals surface area contributed by atoms with Crippen molar-refractivity contribution in [1.82, 2.24) is 14.7 Å². The standard InChI is InChI=1S/C28H23N3O3S2/c1-3-13-34-24-12-11-20(15-19(24)2)26-21(17-31(29-26)22-8-5-4-6-9-22)16-25-27(32)30(28(35)36-25)18-23-10-7-14-33-23/h3-12,14-17H,1,13,18H2,2H3. The van der Waals surface area contributed by atoms with E-state index in [1.54, 1.807) is 23.3 Å². The molecule has 2 aromatic heterocycles. The maximum absolute atomic E-state index is 13.2. The number of carbonyl (C=O) groups is 1. The highest BCUT2D eigenvalue weighted by Crippen LogP contribution is 2.36. The number of amides is 1. The minimum absolute atomic E-state index is 0.149. The van der Waals surface area contributed by atoms with Crippen LogP contribution < -0.4 is 4.74 Å². The molecule has 0 atom stereocenters. The first-order valence-electron chi connectivity index (χ1n) is 11.3. The maximum atomic E-state index is 13.2. The lowest BCUT2D eigenvalue weighted by atomic mass is 10.0. The van der Waals surface area contributed by atoms with Gasteiger partial charge in [-0.3, -0.25) is 9.69 Å². The van der Waals surface area contributed by atoms with Crippen LogP contribution in [0.2, 0.25) is 0 Å². The van der Waals surface area contributed by atoms with Crippen molar-refractivity contribution in [2.75, 3.05) is 6.61 Å². The molecule has 0 bridgehead atoms. The number of thiocarbonyl (C=S) groups is 1. The molecule has 3 heterocycles. The Morgan fingerprint density at radius 2 is 2.00 bits per heavy atom. The molecule has 8 heteroatoms. The fourth-order valence-corrected chi connectivity index (χ4v) is 5.12. The van der Waals surface area contributed by atoms with Crippen molar-refractivity contribution in [3.63, 3.8) is 0 Å². The number of carbonyl (C=O) groups excluding carboxylic acids is 1. The first kappa shape index (κ1) is 23.8. The Morgan fingerprint density at radius 1 is 1.17 bits per heavy atom. The van der Waals surface area contributed by atoms with E-state index in [4.69, 9.17) is 26.5 Å². The summed E-state index contributed by atoms with van der Waals surface area (Å²) < 4.78 is 13.5. The van der Waals surface area contributed by atoms with Gasteiger partial charge in [-0.15, -0.1) is 0 Å². The highest BCUT2D eigenvalue weighted by Gasteiger charge is 2.33. The Balaban J connectivity index is 1.53. The molecular weight excluding hydrogens is 490 g/mol. The summed E-state index contributed by atoms with van der Waals surface area (Å²) in [7, 11) is 0. The number of aryl methyl sites for hydroxylation is 1. The number of rotatable bonds is 8. The molecule has 5 rings (SSSR count). The number of ether oxygens (including phenoxy) is 1. The van der Waals surface area contributed by atoms with Gasteiger partial charge in [0.05, 0.1) is 23.4 Å². The lowest BCUT2D eigenvalue weighted by molar-refractivity contribution is -0.122. The van der Waals surface area contributed by atoms with Crippen LogP contribution in [0.15, 0.2) is 95.1 Å². The molecule has 1 aliphatic heterocycles. The monoisotopic (exact) mass is 513 g/mol. The fraction of sp³-hybridized carbons (Fsp3) is 0.107. The van der Waals surface area contributed by atoms with Crippen LogP contribution in [0, 0.1) is 6.92 Å². The number of hydrogen-bond donors (Lipinski definition) is 0. The van der Waals surface area contributed by atoms with Crippen molar-refractivity contribution in [1.29, 1.82) is 0 Å². The molecule has 1 aliphatic rings. The summed E-state index contributed by atoms with van der Waals surface area (Å²) in [6, 6.07) is 19.4. The van der Waals surface area contributed by atoms with Gasteiger partial charge >= 0.3 is 0 Å². The molecule has 1 fully saturated rings. The third-order valence-electron chi connectivity index (χ3n) is 5.62. The van der Waals surface area contributed by atoms with Crippen LogP contribution in [-0.4, -0.2) is 31.5 Å². The molecule has 2 aromatic carbocycles. The van der Waals surface area contributed by atoms with E-state index in [2.05, 4.69) is 6.58 Å². The van der Waals surface area contributed by atoms with E-state index >= 15 is 0 Å². The number of hydrogen-bond acceptors (Lipinski definition) is 6. The van der Waals surface area contributed by atoms with E-state index in [1.165, 1.54) is 11.8 Å². The highest BCUT2D eigenvalue weighted by molar-refractivity contribution is 8.26. The van der Waals surface area contributed by atoms with Gasteiger partial charge in [0.25, 0.3) is 5.91 Å². The summed E-state index contributed by atoms with van der Waals surface area (Å²) in [6.45, 7) is 6.44. The van der Waals surface area contributed by atoms with Crippen molar-refractivity contribution >= 4 is 40.3 Å². The van der Waals surface area contributed by atoms with Crippen molar-refractivity contribution < 1.29 is 13.9 Å². The van der Waals surface area contributed by atoms with Crippen molar-refractivity contribution in [2.45, 2.75) is 13.5 Å². The summed E-state index contributed by atoms with van der Waals surface area (Å²) in [5.74, 6) is 1.32. The topological polar surface area (TPSA) is 60.5 Å². The Kier molecular flexibility index (Phi) is 6.88. The molecule has 1 saturated heterocycles. The SMILES string of the molecule is C=CCOc1ccc(-c2nn(-c3ccccc3)cc2C=C2SC(=S)N(Cc3ccco3)C2=O)cc1C. The fourth-order valence-electron chi connectivity index (χ4n) is 3.87. The zero-order valence-electron chi connectivity index (χ0n) is 19.6. The van der Waals surface area contributed by atoms with Crippen LogP contribution in [0.5, 0.6) is 5.75 Å². The predicted molar refractivity (Wildman–Crippen MR) is 147 cm³/mol. The minimum atomic E-state index is -0.149. The second-order valence-corrected chi connectivity index (χ2v) is 9.82. The van der Waals surface area contributed by atoms with Crippen molar-refractivity contribution in [3.05, 3.63) is 108 Å². The molecule has 0 saturated carbocycles. The smallest absolute Gasteiger partial charge is 0.266 e. The number of nitrogens with zero attached hydrogens (tertiary/aromatic N) is 3. The third-order valence-corrected chi connectivity index (χ3v) is 7.00. The van der Waals surface area contributed by atoms with E-state index in [0.29, 0.717) is 28.1 Å². The average molecular weight is 514 g/mol. The molecule has 36 heavy (non-hydrogen) atoms. The summed E-state index contributed by atoms with van der Waals surface area (Å²) in [5, 5.41) is 4.88. The van der Waals surface area contributed by atoms with Crippen LogP contribution in [0.3, 0.4) is 0 Å². The number of furan rings is 1. The molecule has 1 amide bonds. The molecule has 0 unspecified atom stereocenters. The van der Waals surface area contributed by atoms with Gasteiger partial charge in [0, 0.05) is 17.3 Å². The number of aromatic nitrogens is 2. The second-order valence-electron chi connectivity index (χ2n) is 8.14. The second kappa shape index (κ2) is 10.4. The Bertz CT molecular complexity index is 1460. The zero-order chi connectivity index (χ0) is 25.1. The Morgan fingerprint density at radius 3 is 2.72 bits per heavy atom. The van der Waals surface area contributed by atoms with E-state index in [1.807, 2.05) is 78.5 Å². The lowest BCUT2D eigenvalue weighted by Crippen LogP contribution is -2.27. The molecule has 4 aromatic rings. The van der Waals surface area contributed by atoms with E-state index < -0.39 is 0 Å². The quantitative estimate of drug-likeness (QED) is 0.154. The predicted octanol–water partition coefficient (Wildman–Crippen LogP) is 6.41. The summed E-state index contributed by atoms with van der Waals surface area (Å²) in [6.07, 6.45) is 7.10. The number of benzene rings is 2. The van der Waals surface area contributed by atoms with Gasteiger partial charge in [-0.1, -0.05) is 54.8 Å². The maximum Gasteiger partial charge on any atom is 0.266 e. The van der Waals surface area contributed by atoms with Crippen LogP contribution in [-0.2, 0) is 11.3 Å². The van der Waals surface area contributed by atoms with Crippen molar-refractivity contribution in [2.24, 2.45) is 0 Å². The Hall–Kier alpha value is -3.88. The number of thioether (sulfide) groups is 1. The molecule has 180 valence electrons. The van der Waals surface area contributed by atoms with Crippen LogP contribution in [0.25, 0.3) is 23.0 Å². The molecule has 6 nitrogen and oxygen atoms in total. The Labute approximate surface area is 218 Å². The van der Waals surface area contributed by atoms with Gasteiger partial charge in [0.2, 0.25) is 0 Å². The van der Waals surface area contributed by atoms with Crippen LogP contribution >= 0.6 is 24.0 Å². The molecule has 0 N–H and O–H groups in total. The molecular formula is C28H23N3O3S2. The van der Waals surface area contributed by atoms with Crippen LogP contribution in [0.4, 0.5) is 0 Å². The highest BCUT2D eigenvalue weighted by atomic mass is 32.2. The van der Waals surface area contributed by atoms with Gasteiger partial charge in [0.15, 0.2) is 0 Å². The zero-order valence-corrected chi connectivity index (χ0v) is 21.2. The van der Waals surface area contributed by atoms with Gasteiger partial charge < -0.3 is 9.15 Å². The first-order chi connectivity index (χ1) is 17.5. The molecule has 0 aliphatic carbocycles.